The lowest BCUT2D eigenvalue weighted by atomic mass is 9.54. The van der Waals surface area contributed by atoms with E-state index in [0.29, 0.717) is 16.9 Å². The van der Waals surface area contributed by atoms with E-state index in [0.717, 1.165) is 29.4 Å². The summed E-state index contributed by atoms with van der Waals surface area (Å²) in [4.78, 5) is 0. The Labute approximate surface area is 113 Å². The fourth-order valence-electron chi connectivity index (χ4n) is 5.07. The first-order valence-electron chi connectivity index (χ1n) is 7.13. The maximum Gasteiger partial charge on any atom is 0.141 e. The van der Waals surface area contributed by atoms with Gasteiger partial charge in [0.2, 0.25) is 0 Å². The Bertz CT molecular complexity index is 465. The Hall–Kier alpha value is -0.700. The topological polar surface area (TPSA) is 43.8 Å². The van der Waals surface area contributed by atoms with Crippen LogP contribution in [0.25, 0.3) is 0 Å². The van der Waals surface area contributed by atoms with Gasteiger partial charge in [-0.05, 0) is 62.7 Å². The van der Waals surface area contributed by atoms with Gasteiger partial charge in [0, 0.05) is 0 Å². The summed E-state index contributed by atoms with van der Waals surface area (Å²) in [5.74, 6) is 4.23. The molecule has 0 amide bonds. The zero-order valence-electron chi connectivity index (χ0n) is 10.8. The van der Waals surface area contributed by atoms with Crippen LogP contribution in [0.1, 0.15) is 43.8 Å². The van der Waals surface area contributed by atoms with E-state index in [2.05, 4.69) is 9.78 Å². The molecular formula is C14H20ClN3. The molecule has 4 heteroatoms. The molecule has 1 heterocycles. The average molecular weight is 266 g/mol. The van der Waals surface area contributed by atoms with Crippen LogP contribution < -0.4 is 5.73 Å². The summed E-state index contributed by atoms with van der Waals surface area (Å²) in [7, 11) is 0. The maximum absolute atomic E-state index is 6.20. The summed E-state index contributed by atoms with van der Waals surface area (Å²) < 4.78 is 2.06. The first-order chi connectivity index (χ1) is 8.63. The van der Waals surface area contributed by atoms with Crippen molar-refractivity contribution in [2.45, 2.75) is 45.1 Å². The van der Waals surface area contributed by atoms with Gasteiger partial charge in [-0.15, -0.1) is 0 Å². The van der Waals surface area contributed by atoms with Crippen LogP contribution in [-0.4, -0.2) is 9.78 Å². The van der Waals surface area contributed by atoms with Gasteiger partial charge in [0.05, 0.1) is 11.7 Å². The first-order valence-corrected chi connectivity index (χ1v) is 7.51. The molecular weight excluding hydrogens is 246 g/mol. The van der Waals surface area contributed by atoms with Crippen molar-refractivity contribution >= 4 is 17.4 Å². The van der Waals surface area contributed by atoms with Crippen LogP contribution in [0, 0.1) is 30.6 Å². The predicted octanol–water partition coefficient (Wildman–Crippen LogP) is 3.42. The number of nitrogens with zero attached hydrogens (tertiary/aromatic N) is 2. The molecule has 1 aromatic rings. The minimum atomic E-state index is 0.518. The standard InChI is InChI=1S/C14H20ClN3/c1-7-12(15)14(16)18(17-7)13-10-3-8-2-9(5-10)6-11(13)4-8/h8-11,13H,2-6,16H2,1H3. The Morgan fingerprint density at radius 3 is 2.11 bits per heavy atom. The van der Waals surface area contributed by atoms with Crippen molar-refractivity contribution in [3.05, 3.63) is 10.7 Å². The third kappa shape index (κ3) is 1.40. The summed E-state index contributed by atoms with van der Waals surface area (Å²) in [6.45, 7) is 1.95. The Balaban J connectivity index is 1.74. The lowest BCUT2D eigenvalue weighted by Crippen LogP contribution is -2.46. The van der Waals surface area contributed by atoms with Crippen molar-refractivity contribution in [1.82, 2.24) is 9.78 Å². The third-order valence-electron chi connectivity index (χ3n) is 5.51. The minimum absolute atomic E-state index is 0.518. The van der Waals surface area contributed by atoms with Gasteiger partial charge in [-0.2, -0.15) is 5.10 Å². The number of nitrogens with two attached hydrogens (primary N) is 1. The van der Waals surface area contributed by atoms with Crippen LogP contribution in [0.4, 0.5) is 5.82 Å². The molecule has 18 heavy (non-hydrogen) atoms. The van der Waals surface area contributed by atoms with Gasteiger partial charge in [0.15, 0.2) is 0 Å². The van der Waals surface area contributed by atoms with E-state index in [9.17, 15) is 0 Å². The van der Waals surface area contributed by atoms with E-state index >= 15 is 0 Å². The van der Waals surface area contributed by atoms with Crippen molar-refractivity contribution in [3.8, 4) is 0 Å². The van der Waals surface area contributed by atoms with Gasteiger partial charge < -0.3 is 5.73 Å². The summed E-state index contributed by atoms with van der Waals surface area (Å²) in [5.41, 5.74) is 7.03. The van der Waals surface area contributed by atoms with Crippen molar-refractivity contribution < 1.29 is 0 Å². The largest absolute Gasteiger partial charge is 0.383 e. The summed E-state index contributed by atoms with van der Waals surface area (Å²) in [6, 6.07) is 0.518. The molecule has 4 bridgehead atoms. The second-order valence-electron chi connectivity index (χ2n) is 6.65. The van der Waals surface area contributed by atoms with Gasteiger partial charge in [-0.1, -0.05) is 11.6 Å². The molecule has 4 saturated carbocycles. The molecule has 0 saturated heterocycles. The maximum atomic E-state index is 6.20. The Morgan fingerprint density at radius 2 is 1.67 bits per heavy atom. The molecule has 2 N–H and O–H groups in total. The van der Waals surface area contributed by atoms with Crippen molar-refractivity contribution in [1.29, 1.82) is 0 Å². The lowest BCUT2D eigenvalue weighted by Gasteiger charge is -2.54. The van der Waals surface area contributed by atoms with Crippen molar-refractivity contribution in [3.63, 3.8) is 0 Å². The van der Waals surface area contributed by atoms with Crippen molar-refractivity contribution in [2.24, 2.45) is 23.7 Å². The van der Waals surface area contributed by atoms with Crippen LogP contribution in [0.3, 0.4) is 0 Å². The zero-order chi connectivity index (χ0) is 12.4. The van der Waals surface area contributed by atoms with E-state index in [1.807, 2.05) is 6.92 Å². The van der Waals surface area contributed by atoms with E-state index in [4.69, 9.17) is 17.3 Å². The average Bonchev–Trinajstić information content (AvgIpc) is 2.56. The smallest absolute Gasteiger partial charge is 0.141 e. The van der Waals surface area contributed by atoms with Gasteiger partial charge in [0.1, 0.15) is 10.8 Å². The first kappa shape index (κ1) is 11.2. The Morgan fingerprint density at radius 1 is 1.11 bits per heavy atom. The number of rotatable bonds is 1. The van der Waals surface area contributed by atoms with E-state index in [-0.39, 0.29) is 0 Å². The monoisotopic (exact) mass is 265 g/mol. The predicted molar refractivity (Wildman–Crippen MR) is 72.5 cm³/mol. The summed E-state index contributed by atoms with van der Waals surface area (Å²) >= 11 is 6.20. The number of aryl methyl sites for hydroxylation is 1. The number of hydrogen-bond acceptors (Lipinski definition) is 2. The molecule has 0 unspecified atom stereocenters. The highest BCUT2D eigenvalue weighted by atomic mass is 35.5. The molecule has 1 aromatic heterocycles. The van der Waals surface area contributed by atoms with Crippen LogP contribution >= 0.6 is 11.6 Å². The number of hydrogen-bond donors (Lipinski definition) is 1. The lowest BCUT2D eigenvalue weighted by molar-refractivity contribution is -0.0328. The normalized spacial score (nSPS) is 41.6. The van der Waals surface area contributed by atoms with Gasteiger partial charge in [-0.3, -0.25) is 0 Å². The molecule has 0 atom stereocenters. The van der Waals surface area contributed by atoms with Crippen LogP contribution in [0.2, 0.25) is 5.02 Å². The molecule has 3 nitrogen and oxygen atoms in total. The second-order valence-corrected chi connectivity index (χ2v) is 7.03. The van der Waals surface area contributed by atoms with E-state index in [1.54, 1.807) is 0 Å². The van der Waals surface area contributed by atoms with Crippen LogP contribution in [0.5, 0.6) is 0 Å². The fraction of sp³-hybridized carbons (Fsp3) is 0.786. The fourth-order valence-corrected chi connectivity index (χ4v) is 5.19. The molecule has 4 fully saturated rings. The molecule has 98 valence electrons. The Kier molecular flexibility index (Phi) is 2.27. The molecule has 0 radical (unpaired) electrons. The molecule has 0 spiro atoms. The highest BCUT2D eigenvalue weighted by Gasteiger charge is 2.49. The molecule has 4 aliphatic rings. The molecule has 0 aromatic carbocycles. The highest BCUT2D eigenvalue weighted by Crippen LogP contribution is 2.58. The third-order valence-corrected chi connectivity index (χ3v) is 5.97. The summed E-state index contributed by atoms with van der Waals surface area (Å²) in [5, 5.41) is 5.27. The van der Waals surface area contributed by atoms with E-state index < -0.39 is 0 Å². The van der Waals surface area contributed by atoms with Gasteiger partial charge in [-0.25, -0.2) is 4.68 Å². The summed E-state index contributed by atoms with van der Waals surface area (Å²) in [6.07, 6.45) is 7.01. The number of anilines is 1. The number of nitrogen functional groups attached to an aromatic ring is 1. The van der Waals surface area contributed by atoms with Gasteiger partial charge in [0.25, 0.3) is 0 Å². The minimum Gasteiger partial charge on any atom is -0.383 e. The zero-order valence-corrected chi connectivity index (χ0v) is 11.5. The SMILES string of the molecule is Cc1nn(C2C3CC4CC(C3)CC2C4)c(N)c1Cl. The van der Waals surface area contributed by atoms with Crippen LogP contribution in [0.15, 0.2) is 0 Å². The number of halogens is 1. The van der Waals surface area contributed by atoms with E-state index in [1.165, 1.54) is 32.1 Å². The number of aromatic nitrogens is 2. The molecule has 4 aliphatic carbocycles. The van der Waals surface area contributed by atoms with Gasteiger partial charge >= 0.3 is 0 Å². The quantitative estimate of drug-likeness (QED) is 0.846. The molecule has 5 rings (SSSR count). The highest BCUT2D eigenvalue weighted by molar-refractivity contribution is 6.33. The second kappa shape index (κ2) is 3.66. The van der Waals surface area contributed by atoms with Crippen molar-refractivity contribution in [2.75, 3.05) is 5.73 Å². The molecule has 0 aliphatic heterocycles. The van der Waals surface area contributed by atoms with Crippen LogP contribution in [-0.2, 0) is 0 Å².